The van der Waals surface area contributed by atoms with E-state index in [9.17, 15) is 9.59 Å². The summed E-state index contributed by atoms with van der Waals surface area (Å²) in [5.74, 6) is -0.394. The van der Waals surface area contributed by atoms with Gasteiger partial charge in [0.05, 0.1) is 17.7 Å². The van der Waals surface area contributed by atoms with Gasteiger partial charge in [-0.2, -0.15) is 0 Å². The Kier molecular flexibility index (Phi) is 6.51. The van der Waals surface area contributed by atoms with Gasteiger partial charge in [-0.1, -0.05) is 15.9 Å². The summed E-state index contributed by atoms with van der Waals surface area (Å²) >= 11 is 4.82. The number of thiophene rings is 1. The average molecular weight is 453 g/mol. The molecule has 0 spiro atoms. The van der Waals surface area contributed by atoms with Crippen molar-refractivity contribution in [1.29, 1.82) is 0 Å². The Morgan fingerprint density at radius 3 is 2.78 bits per heavy atom. The molecule has 1 aromatic carbocycles. The Hall–Kier alpha value is -1.90. The predicted molar refractivity (Wildman–Crippen MR) is 109 cm³/mol. The number of primary amides is 1. The molecule has 0 saturated heterocycles. The van der Waals surface area contributed by atoms with Crippen LogP contribution in [0.4, 0.5) is 5.00 Å². The van der Waals surface area contributed by atoms with Gasteiger partial charge in [-0.15, -0.1) is 11.3 Å². The fourth-order valence-corrected chi connectivity index (χ4v) is 4.78. The first-order valence-corrected chi connectivity index (χ1v) is 10.3. The molecule has 0 saturated carbocycles. The van der Waals surface area contributed by atoms with Gasteiger partial charge in [-0.05, 0) is 49.4 Å². The van der Waals surface area contributed by atoms with Crippen molar-refractivity contribution in [3.8, 4) is 5.75 Å². The number of carbonyl (C=O) groups is 2. The van der Waals surface area contributed by atoms with E-state index < -0.39 is 5.91 Å². The van der Waals surface area contributed by atoms with E-state index in [0.29, 0.717) is 35.1 Å². The second kappa shape index (κ2) is 8.86. The molecule has 0 radical (unpaired) electrons. The molecule has 0 unspecified atom stereocenters. The van der Waals surface area contributed by atoms with Gasteiger partial charge < -0.3 is 20.5 Å². The molecule has 3 rings (SSSR count). The maximum absolute atomic E-state index is 12.9. The highest BCUT2D eigenvalue weighted by Gasteiger charge is 2.26. The number of nitrogens with one attached hydrogen (secondary N) is 1. The van der Waals surface area contributed by atoms with Gasteiger partial charge in [0.2, 0.25) is 0 Å². The molecule has 0 atom stereocenters. The van der Waals surface area contributed by atoms with E-state index in [1.807, 2.05) is 0 Å². The molecule has 8 heteroatoms. The van der Waals surface area contributed by atoms with Crippen LogP contribution >= 0.6 is 27.3 Å². The van der Waals surface area contributed by atoms with Gasteiger partial charge in [0.1, 0.15) is 17.4 Å². The Labute approximate surface area is 170 Å². The number of aryl methyl sites for hydroxylation is 1. The number of carbonyl (C=O) groups excluding carboxylic acids is 2. The third-order valence-corrected chi connectivity index (χ3v) is 6.08. The number of nitrogens with two attached hydrogens (primary N) is 1. The first-order valence-electron chi connectivity index (χ1n) is 8.68. The molecule has 1 aliphatic rings. The fourth-order valence-electron chi connectivity index (χ4n) is 3.13. The van der Waals surface area contributed by atoms with E-state index in [4.69, 9.17) is 15.2 Å². The van der Waals surface area contributed by atoms with Gasteiger partial charge >= 0.3 is 0 Å². The molecule has 6 nitrogen and oxygen atoms in total. The van der Waals surface area contributed by atoms with Crippen molar-refractivity contribution in [1.82, 2.24) is 0 Å². The molecule has 2 amide bonds. The summed E-state index contributed by atoms with van der Waals surface area (Å²) in [5.41, 5.74) is 7.41. The van der Waals surface area contributed by atoms with Crippen LogP contribution in [0.5, 0.6) is 5.75 Å². The van der Waals surface area contributed by atoms with Crippen LogP contribution in [-0.2, 0) is 17.6 Å². The number of hydrogen-bond acceptors (Lipinski definition) is 5. The molecule has 0 bridgehead atoms. The first kappa shape index (κ1) is 19.9. The van der Waals surface area contributed by atoms with Crippen molar-refractivity contribution in [2.45, 2.75) is 25.7 Å². The van der Waals surface area contributed by atoms with E-state index in [1.165, 1.54) is 11.3 Å². The second-order valence-corrected chi connectivity index (χ2v) is 8.24. The van der Waals surface area contributed by atoms with E-state index in [-0.39, 0.29) is 5.91 Å². The quantitative estimate of drug-likeness (QED) is 0.625. The number of ether oxygens (including phenoxy) is 2. The van der Waals surface area contributed by atoms with E-state index in [0.717, 1.165) is 40.6 Å². The standard InChI is InChI=1S/C19H21BrN2O4S/c1-25-8-9-26-14-7-6-11(20)10-13(14)18(24)22-19-16(17(21)23)12-4-2-3-5-15(12)27-19/h6-7,10H,2-5,8-9H2,1H3,(H2,21,23)(H,22,24). The number of fused-ring (bicyclic) bond motifs is 1. The van der Waals surface area contributed by atoms with Crippen LogP contribution in [0.2, 0.25) is 0 Å². The van der Waals surface area contributed by atoms with E-state index >= 15 is 0 Å². The third kappa shape index (κ3) is 4.51. The van der Waals surface area contributed by atoms with Crippen molar-refractivity contribution in [2.24, 2.45) is 5.73 Å². The highest BCUT2D eigenvalue weighted by atomic mass is 79.9. The Morgan fingerprint density at radius 2 is 2.04 bits per heavy atom. The largest absolute Gasteiger partial charge is 0.490 e. The lowest BCUT2D eigenvalue weighted by molar-refractivity contribution is 0.100. The van der Waals surface area contributed by atoms with Crippen LogP contribution < -0.4 is 15.8 Å². The molecular formula is C19H21BrN2O4S. The van der Waals surface area contributed by atoms with Gasteiger partial charge in [0, 0.05) is 16.5 Å². The molecule has 0 aliphatic heterocycles. The summed E-state index contributed by atoms with van der Waals surface area (Å²) < 4.78 is 11.4. The molecular weight excluding hydrogens is 432 g/mol. The number of methoxy groups -OCH3 is 1. The zero-order valence-electron chi connectivity index (χ0n) is 15.0. The van der Waals surface area contributed by atoms with Gasteiger partial charge in [-0.25, -0.2) is 0 Å². The number of halogens is 1. The van der Waals surface area contributed by atoms with Gasteiger partial charge in [-0.3, -0.25) is 9.59 Å². The third-order valence-electron chi connectivity index (χ3n) is 4.38. The van der Waals surface area contributed by atoms with Crippen molar-refractivity contribution in [3.05, 3.63) is 44.2 Å². The predicted octanol–water partition coefficient (Wildman–Crippen LogP) is 3.77. The summed E-state index contributed by atoms with van der Waals surface area (Å²) in [5, 5.41) is 3.39. The molecule has 1 aromatic heterocycles. The lowest BCUT2D eigenvalue weighted by Crippen LogP contribution is -2.19. The molecule has 1 heterocycles. The number of rotatable bonds is 7. The van der Waals surface area contributed by atoms with Crippen molar-refractivity contribution in [2.75, 3.05) is 25.6 Å². The van der Waals surface area contributed by atoms with Gasteiger partial charge in [0.15, 0.2) is 0 Å². The number of amides is 2. The zero-order valence-corrected chi connectivity index (χ0v) is 17.4. The summed E-state index contributed by atoms with van der Waals surface area (Å²) in [7, 11) is 1.59. The summed E-state index contributed by atoms with van der Waals surface area (Å²) in [4.78, 5) is 26.1. The normalized spacial score (nSPS) is 13.1. The maximum Gasteiger partial charge on any atom is 0.260 e. The number of hydrogen-bond donors (Lipinski definition) is 2. The van der Waals surface area contributed by atoms with Crippen LogP contribution in [0.15, 0.2) is 22.7 Å². The molecule has 1 aliphatic carbocycles. The van der Waals surface area contributed by atoms with Crippen LogP contribution in [0.1, 0.15) is 44.0 Å². The van der Waals surface area contributed by atoms with Crippen LogP contribution in [0.3, 0.4) is 0 Å². The van der Waals surface area contributed by atoms with Crippen LogP contribution in [0.25, 0.3) is 0 Å². The monoisotopic (exact) mass is 452 g/mol. The number of benzene rings is 1. The van der Waals surface area contributed by atoms with Crippen molar-refractivity contribution in [3.63, 3.8) is 0 Å². The van der Waals surface area contributed by atoms with E-state index in [1.54, 1.807) is 25.3 Å². The maximum atomic E-state index is 12.9. The smallest absolute Gasteiger partial charge is 0.260 e. The molecule has 27 heavy (non-hydrogen) atoms. The molecule has 2 aromatic rings. The minimum Gasteiger partial charge on any atom is -0.490 e. The minimum atomic E-state index is -0.504. The average Bonchev–Trinajstić information content (AvgIpc) is 3.01. The second-order valence-electron chi connectivity index (χ2n) is 6.22. The zero-order chi connectivity index (χ0) is 19.4. The highest BCUT2D eigenvalue weighted by molar-refractivity contribution is 9.10. The minimum absolute atomic E-state index is 0.332. The van der Waals surface area contributed by atoms with Crippen molar-refractivity contribution < 1.29 is 19.1 Å². The highest BCUT2D eigenvalue weighted by Crippen LogP contribution is 2.38. The lowest BCUT2D eigenvalue weighted by atomic mass is 9.95. The van der Waals surface area contributed by atoms with Crippen LogP contribution in [-0.4, -0.2) is 32.1 Å². The SMILES string of the molecule is COCCOc1ccc(Br)cc1C(=O)Nc1sc2c(c1C(N)=O)CCCC2. The molecule has 0 fully saturated rings. The topological polar surface area (TPSA) is 90.7 Å². The number of anilines is 1. The Balaban J connectivity index is 1.89. The summed E-state index contributed by atoms with van der Waals surface area (Å²) in [6, 6.07) is 5.22. The molecule has 144 valence electrons. The van der Waals surface area contributed by atoms with Crippen molar-refractivity contribution >= 4 is 44.1 Å². The molecule has 3 N–H and O–H groups in total. The van der Waals surface area contributed by atoms with Crippen LogP contribution in [0, 0.1) is 0 Å². The Bertz CT molecular complexity index is 866. The first-order chi connectivity index (χ1) is 13.0. The summed E-state index contributed by atoms with van der Waals surface area (Å²) in [6.45, 7) is 0.749. The Morgan fingerprint density at radius 1 is 1.26 bits per heavy atom. The van der Waals surface area contributed by atoms with Gasteiger partial charge in [0.25, 0.3) is 11.8 Å². The van der Waals surface area contributed by atoms with E-state index in [2.05, 4.69) is 21.2 Å². The fraction of sp³-hybridized carbons (Fsp3) is 0.368. The summed E-state index contributed by atoms with van der Waals surface area (Å²) in [6.07, 6.45) is 3.85. The lowest BCUT2D eigenvalue weighted by Gasteiger charge is -2.12.